The van der Waals surface area contributed by atoms with Gasteiger partial charge >= 0.3 is 0 Å². The minimum absolute atomic E-state index is 0.555. The summed E-state index contributed by atoms with van der Waals surface area (Å²) in [5.41, 5.74) is 4.78. The van der Waals surface area contributed by atoms with Crippen molar-refractivity contribution in [3.05, 3.63) is 60.5 Å². The molecule has 0 atom stereocenters. The summed E-state index contributed by atoms with van der Waals surface area (Å²) in [6.07, 6.45) is 3.27. The molecular formula is C12H12O. The minimum atomic E-state index is 0.555. The van der Waals surface area contributed by atoms with Crippen molar-refractivity contribution in [1.29, 1.82) is 0 Å². The number of hydrogen-bond acceptors (Lipinski definition) is 1. The molecule has 0 saturated carbocycles. The van der Waals surface area contributed by atoms with Gasteiger partial charge < -0.3 is 4.74 Å². The summed E-state index contributed by atoms with van der Waals surface area (Å²) in [5.74, 6) is 0. The fourth-order valence-corrected chi connectivity index (χ4v) is 0.947. The molecule has 0 heterocycles. The molecule has 1 nitrogen and oxygen atoms in total. The second kappa shape index (κ2) is 5.02. The first-order chi connectivity index (χ1) is 6.36. The van der Waals surface area contributed by atoms with Crippen LogP contribution >= 0.6 is 0 Å². The Hall–Kier alpha value is -1.72. The predicted octanol–water partition coefficient (Wildman–Crippen LogP) is 3.14. The van der Waals surface area contributed by atoms with E-state index in [1.54, 1.807) is 0 Å². The Bertz CT molecular complexity index is 315. The number of ether oxygens (including phenoxy) is 1. The van der Waals surface area contributed by atoms with Crippen LogP contribution in [0.5, 0.6) is 0 Å². The molecule has 0 aromatic heterocycles. The Morgan fingerprint density at radius 2 is 2.00 bits per heavy atom. The van der Waals surface area contributed by atoms with Crippen LogP contribution in [-0.4, -0.2) is 0 Å². The molecule has 0 N–H and O–H groups in total. The monoisotopic (exact) mass is 172 g/mol. The van der Waals surface area contributed by atoms with Crippen molar-refractivity contribution in [1.82, 2.24) is 0 Å². The number of rotatable bonds is 4. The zero-order valence-electron chi connectivity index (χ0n) is 7.49. The highest BCUT2D eigenvalue weighted by molar-refractivity contribution is 5.47. The van der Waals surface area contributed by atoms with Gasteiger partial charge in [-0.2, -0.15) is 0 Å². The second-order valence-corrected chi connectivity index (χ2v) is 2.58. The minimum Gasteiger partial charge on any atom is -0.488 e. The summed E-state index contributed by atoms with van der Waals surface area (Å²) < 4.78 is 5.12. The average molecular weight is 172 g/mol. The SMILES string of the molecule is C=C=COCc1ccc(C=C)cc1. The van der Waals surface area contributed by atoms with Crippen molar-refractivity contribution >= 4 is 6.08 Å². The molecule has 1 heteroatoms. The lowest BCUT2D eigenvalue weighted by Crippen LogP contribution is -1.85. The van der Waals surface area contributed by atoms with Gasteiger partial charge in [0.25, 0.3) is 0 Å². The van der Waals surface area contributed by atoms with E-state index in [1.807, 2.05) is 30.3 Å². The van der Waals surface area contributed by atoms with Gasteiger partial charge in [-0.3, -0.25) is 0 Å². The lowest BCUT2D eigenvalue weighted by molar-refractivity contribution is 0.237. The third-order valence-electron chi connectivity index (χ3n) is 1.63. The van der Waals surface area contributed by atoms with Crippen LogP contribution in [0.4, 0.5) is 0 Å². The molecule has 0 unspecified atom stereocenters. The van der Waals surface area contributed by atoms with Gasteiger partial charge in [-0.15, -0.1) is 0 Å². The van der Waals surface area contributed by atoms with E-state index >= 15 is 0 Å². The molecule has 0 spiro atoms. The highest BCUT2D eigenvalue weighted by Crippen LogP contribution is 2.06. The third-order valence-corrected chi connectivity index (χ3v) is 1.63. The van der Waals surface area contributed by atoms with Crippen LogP contribution in [0.15, 0.2) is 49.4 Å². The summed E-state index contributed by atoms with van der Waals surface area (Å²) in [6.45, 7) is 7.64. The third kappa shape index (κ3) is 3.02. The summed E-state index contributed by atoms with van der Waals surface area (Å²) >= 11 is 0. The Morgan fingerprint density at radius 3 is 2.54 bits per heavy atom. The molecule has 1 aromatic carbocycles. The molecular weight excluding hydrogens is 160 g/mol. The lowest BCUT2D eigenvalue weighted by atomic mass is 10.1. The second-order valence-electron chi connectivity index (χ2n) is 2.58. The van der Waals surface area contributed by atoms with Crippen molar-refractivity contribution in [2.45, 2.75) is 6.61 Å². The molecule has 0 bridgehead atoms. The van der Waals surface area contributed by atoms with Crippen LogP contribution < -0.4 is 0 Å². The van der Waals surface area contributed by atoms with Crippen LogP contribution in [0.2, 0.25) is 0 Å². The Labute approximate surface area is 78.7 Å². The fraction of sp³-hybridized carbons (Fsp3) is 0.0833. The zero-order chi connectivity index (χ0) is 9.52. The maximum Gasteiger partial charge on any atom is 0.125 e. The molecule has 13 heavy (non-hydrogen) atoms. The molecule has 0 amide bonds. The van der Waals surface area contributed by atoms with Crippen LogP contribution in [-0.2, 0) is 11.3 Å². The maximum atomic E-state index is 5.12. The first-order valence-electron chi connectivity index (χ1n) is 4.04. The van der Waals surface area contributed by atoms with Crippen molar-refractivity contribution in [2.24, 2.45) is 0 Å². The van der Waals surface area contributed by atoms with Crippen molar-refractivity contribution in [3.8, 4) is 0 Å². The van der Waals surface area contributed by atoms with E-state index in [2.05, 4.69) is 18.9 Å². The molecule has 1 rings (SSSR count). The summed E-state index contributed by atoms with van der Waals surface area (Å²) in [6, 6.07) is 8.02. The smallest absolute Gasteiger partial charge is 0.125 e. The van der Waals surface area contributed by atoms with Crippen LogP contribution in [0.25, 0.3) is 6.08 Å². The van der Waals surface area contributed by atoms with Crippen LogP contribution in [0, 0.1) is 0 Å². The largest absolute Gasteiger partial charge is 0.488 e. The Morgan fingerprint density at radius 1 is 1.31 bits per heavy atom. The molecule has 1 aromatic rings. The van der Waals surface area contributed by atoms with Gasteiger partial charge in [0.1, 0.15) is 12.9 Å². The Kier molecular flexibility index (Phi) is 3.62. The van der Waals surface area contributed by atoms with E-state index in [0.29, 0.717) is 6.61 Å². The van der Waals surface area contributed by atoms with E-state index < -0.39 is 0 Å². The first-order valence-corrected chi connectivity index (χ1v) is 4.04. The van der Waals surface area contributed by atoms with Gasteiger partial charge in [0.05, 0.1) is 0 Å². The van der Waals surface area contributed by atoms with Crippen molar-refractivity contribution in [2.75, 3.05) is 0 Å². The standard InChI is InChI=1S/C12H12O/c1-3-9-13-10-12-7-5-11(4-2)6-8-12/h4-9H,1-2,10H2. The quantitative estimate of drug-likeness (QED) is 0.500. The number of benzene rings is 1. The highest BCUT2D eigenvalue weighted by atomic mass is 16.5. The van der Waals surface area contributed by atoms with E-state index in [-0.39, 0.29) is 0 Å². The average Bonchev–Trinajstić information content (AvgIpc) is 2.19. The van der Waals surface area contributed by atoms with Gasteiger partial charge in [-0.25, -0.2) is 0 Å². The van der Waals surface area contributed by atoms with Crippen molar-refractivity contribution < 1.29 is 4.74 Å². The molecule has 0 fully saturated rings. The molecule has 66 valence electrons. The molecule has 0 radical (unpaired) electrons. The van der Waals surface area contributed by atoms with Gasteiger partial charge in [0, 0.05) is 0 Å². The first kappa shape index (κ1) is 9.37. The van der Waals surface area contributed by atoms with Crippen molar-refractivity contribution in [3.63, 3.8) is 0 Å². The molecule has 0 saturated heterocycles. The molecule has 0 aliphatic rings. The van der Waals surface area contributed by atoms with E-state index in [4.69, 9.17) is 4.74 Å². The van der Waals surface area contributed by atoms with E-state index in [0.717, 1.165) is 11.1 Å². The molecule has 0 aliphatic carbocycles. The zero-order valence-corrected chi connectivity index (χ0v) is 7.49. The van der Waals surface area contributed by atoms with Gasteiger partial charge in [-0.1, -0.05) is 49.2 Å². The summed E-state index contributed by atoms with van der Waals surface area (Å²) in [4.78, 5) is 0. The van der Waals surface area contributed by atoms with Gasteiger partial charge in [0.2, 0.25) is 0 Å². The van der Waals surface area contributed by atoms with Gasteiger partial charge in [-0.05, 0) is 11.1 Å². The van der Waals surface area contributed by atoms with E-state index in [1.165, 1.54) is 6.26 Å². The van der Waals surface area contributed by atoms with Gasteiger partial charge in [0.15, 0.2) is 0 Å². The topological polar surface area (TPSA) is 9.23 Å². The van der Waals surface area contributed by atoms with Crippen LogP contribution in [0.3, 0.4) is 0 Å². The Balaban J connectivity index is 2.58. The summed E-state index contributed by atoms with van der Waals surface area (Å²) in [5, 5.41) is 0. The van der Waals surface area contributed by atoms with Crippen LogP contribution in [0.1, 0.15) is 11.1 Å². The maximum absolute atomic E-state index is 5.12. The predicted molar refractivity (Wildman–Crippen MR) is 55.0 cm³/mol. The lowest BCUT2D eigenvalue weighted by Gasteiger charge is -2.00. The normalized spacial score (nSPS) is 8.62. The highest BCUT2D eigenvalue weighted by Gasteiger charge is 1.90. The number of hydrogen-bond donors (Lipinski definition) is 0. The fourth-order valence-electron chi connectivity index (χ4n) is 0.947. The van der Waals surface area contributed by atoms with E-state index in [9.17, 15) is 0 Å². The molecule has 0 aliphatic heterocycles. The summed E-state index contributed by atoms with van der Waals surface area (Å²) in [7, 11) is 0.